The summed E-state index contributed by atoms with van der Waals surface area (Å²) in [5.41, 5.74) is -2.90. The Morgan fingerprint density at radius 3 is 2.36 bits per heavy atom. The van der Waals surface area contributed by atoms with E-state index >= 15 is 0 Å². The summed E-state index contributed by atoms with van der Waals surface area (Å²) >= 11 is 0. The number of alkyl halides is 3. The van der Waals surface area contributed by atoms with Crippen LogP contribution in [0.2, 0.25) is 0 Å². The lowest BCUT2D eigenvalue weighted by Gasteiger charge is -2.35. The Balaban J connectivity index is 2.51. The number of hydrogen-bond acceptors (Lipinski definition) is 5. The Kier molecular flexibility index (Phi) is 7.71. The maximum Gasteiger partial charge on any atom is 0.417 e. The summed E-state index contributed by atoms with van der Waals surface area (Å²) in [5.74, 6) is -1.12. The SMILES string of the molecule is CCC1CC(CC(C)C(=O)OC(C)CC(C)(O)C(F)(F)F)OC(C)O1. The van der Waals surface area contributed by atoms with E-state index in [1.807, 2.05) is 6.92 Å². The van der Waals surface area contributed by atoms with Crippen LogP contribution in [-0.2, 0) is 19.0 Å². The summed E-state index contributed by atoms with van der Waals surface area (Å²) < 4.78 is 54.4. The van der Waals surface area contributed by atoms with Crippen LogP contribution >= 0.6 is 0 Å². The molecule has 148 valence electrons. The van der Waals surface area contributed by atoms with Crippen LogP contribution < -0.4 is 0 Å². The third-order valence-electron chi connectivity index (χ3n) is 4.38. The standard InChI is InChI=1S/C17H29F3O5/c1-6-13-8-14(25-12(4)24-13)7-10(2)15(21)23-11(3)9-16(5,22)17(18,19)20/h10-14,22H,6-9H2,1-5H3. The predicted molar refractivity (Wildman–Crippen MR) is 84.7 cm³/mol. The topological polar surface area (TPSA) is 65.0 Å². The third-order valence-corrected chi connectivity index (χ3v) is 4.38. The lowest BCUT2D eigenvalue weighted by Crippen LogP contribution is -2.45. The highest BCUT2D eigenvalue weighted by atomic mass is 19.4. The third kappa shape index (κ3) is 6.75. The second-order valence-electron chi connectivity index (χ2n) is 7.09. The smallest absolute Gasteiger partial charge is 0.417 e. The summed E-state index contributed by atoms with van der Waals surface area (Å²) in [4.78, 5) is 12.1. The van der Waals surface area contributed by atoms with Gasteiger partial charge in [0.15, 0.2) is 11.9 Å². The molecule has 0 radical (unpaired) electrons. The zero-order valence-electron chi connectivity index (χ0n) is 15.4. The summed E-state index contributed by atoms with van der Waals surface area (Å²) in [5, 5.41) is 9.47. The average Bonchev–Trinajstić information content (AvgIpc) is 2.44. The Bertz CT molecular complexity index is 438. The van der Waals surface area contributed by atoms with Gasteiger partial charge in [-0.1, -0.05) is 13.8 Å². The summed E-state index contributed by atoms with van der Waals surface area (Å²) in [6.45, 7) is 7.46. The molecular formula is C17H29F3O5. The second-order valence-corrected chi connectivity index (χ2v) is 7.09. The molecule has 1 rings (SSSR count). The Hall–Kier alpha value is -0.860. The Morgan fingerprint density at radius 1 is 1.28 bits per heavy atom. The van der Waals surface area contributed by atoms with Crippen LogP contribution in [0, 0.1) is 5.92 Å². The number of hydrogen-bond donors (Lipinski definition) is 1. The number of aliphatic hydroxyl groups is 1. The Morgan fingerprint density at radius 2 is 1.84 bits per heavy atom. The van der Waals surface area contributed by atoms with Gasteiger partial charge in [0.2, 0.25) is 0 Å². The van der Waals surface area contributed by atoms with Crippen molar-refractivity contribution in [3.05, 3.63) is 0 Å². The van der Waals surface area contributed by atoms with E-state index in [0.717, 1.165) is 6.42 Å². The molecule has 1 aliphatic heterocycles. The van der Waals surface area contributed by atoms with Gasteiger partial charge < -0.3 is 19.3 Å². The lowest BCUT2D eigenvalue weighted by molar-refractivity contribution is -0.261. The molecule has 0 spiro atoms. The molecule has 0 bridgehead atoms. The largest absolute Gasteiger partial charge is 0.462 e. The van der Waals surface area contributed by atoms with Gasteiger partial charge in [0, 0.05) is 12.8 Å². The van der Waals surface area contributed by atoms with Gasteiger partial charge in [-0.25, -0.2) is 0 Å². The van der Waals surface area contributed by atoms with Crippen molar-refractivity contribution in [2.24, 2.45) is 5.92 Å². The van der Waals surface area contributed by atoms with E-state index in [0.29, 0.717) is 19.8 Å². The Labute approximate surface area is 146 Å². The quantitative estimate of drug-likeness (QED) is 0.694. The first-order chi connectivity index (χ1) is 11.4. The van der Waals surface area contributed by atoms with Crippen molar-refractivity contribution in [1.82, 2.24) is 0 Å². The first kappa shape index (κ1) is 22.2. The molecule has 0 aromatic rings. The van der Waals surface area contributed by atoms with E-state index in [1.54, 1.807) is 13.8 Å². The van der Waals surface area contributed by atoms with Crippen molar-refractivity contribution in [3.63, 3.8) is 0 Å². The van der Waals surface area contributed by atoms with Gasteiger partial charge in [-0.2, -0.15) is 13.2 Å². The van der Waals surface area contributed by atoms with E-state index in [1.165, 1.54) is 6.92 Å². The molecule has 1 saturated heterocycles. The number of carbonyl (C=O) groups excluding carboxylic acids is 1. The molecule has 6 unspecified atom stereocenters. The van der Waals surface area contributed by atoms with E-state index in [-0.39, 0.29) is 18.5 Å². The van der Waals surface area contributed by atoms with Gasteiger partial charge in [0.25, 0.3) is 0 Å². The monoisotopic (exact) mass is 370 g/mol. The maximum absolute atomic E-state index is 12.7. The van der Waals surface area contributed by atoms with Crippen molar-refractivity contribution in [2.45, 2.75) is 96.7 Å². The fourth-order valence-electron chi connectivity index (χ4n) is 2.92. The minimum absolute atomic E-state index is 0.0674. The van der Waals surface area contributed by atoms with Crippen LogP contribution in [0.15, 0.2) is 0 Å². The molecule has 0 amide bonds. The molecule has 1 fully saturated rings. The van der Waals surface area contributed by atoms with Crippen LogP contribution in [0.3, 0.4) is 0 Å². The van der Waals surface area contributed by atoms with Crippen molar-refractivity contribution in [1.29, 1.82) is 0 Å². The molecule has 0 aliphatic carbocycles. The van der Waals surface area contributed by atoms with Crippen molar-refractivity contribution >= 4 is 5.97 Å². The predicted octanol–water partition coefficient (Wildman–Crippen LogP) is 3.58. The highest BCUT2D eigenvalue weighted by Crippen LogP contribution is 2.34. The first-order valence-corrected chi connectivity index (χ1v) is 8.66. The van der Waals surface area contributed by atoms with Crippen molar-refractivity contribution in [2.75, 3.05) is 0 Å². The van der Waals surface area contributed by atoms with Crippen molar-refractivity contribution < 1.29 is 37.3 Å². The molecule has 1 heterocycles. The summed E-state index contributed by atoms with van der Waals surface area (Å²) in [7, 11) is 0. The molecule has 0 saturated carbocycles. The fraction of sp³-hybridized carbons (Fsp3) is 0.941. The minimum atomic E-state index is -4.78. The number of halogens is 3. The number of carbonyl (C=O) groups is 1. The number of ether oxygens (including phenoxy) is 3. The molecular weight excluding hydrogens is 341 g/mol. The molecule has 8 heteroatoms. The van der Waals surface area contributed by atoms with Gasteiger partial charge in [-0.05, 0) is 33.6 Å². The second kappa shape index (κ2) is 8.68. The first-order valence-electron chi connectivity index (χ1n) is 8.66. The summed E-state index contributed by atoms with van der Waals surface area (Å²) in [6.07, 6.45) is -5.08. The van der Waals surface area contributed by atoms with Gasteiger partial charge in [0.1, 0.15) is 6.10 Å². The van der Waals surface area contributed by atoms with Gasteiger partial charge in [-0.15, -0.1) is 0 Å². The van der Waals surface area contributed by atoms with Gasteiger partial charge in [-0.3, -0.25) is 4.79 Å². The van der Waals surface area contributed by atoms with E-state index < -0.39 is 36.2 Å². The van der Waals surface area contributed by atoms with Crippen LogP contribution in [0.5, 0.6) is 0 Å². The average molecular weight is 370 g/mol. The fourth-order valence-corrected chi connectivity index (χ4v) is 2.92. The lowest BCUT2D eigenvalue weighted by atomic mass is 9.97. The number of rotatable bonds is 7. The zero-order chi connectivity index (χ0) is 19.4. The highest BCUT2D eigenvalue weighted by molar-refractivity contribution is 5.72. The normalized spacial score (nSPS) is 29.6. The van der Waals surface area contributed by atoms with Gasteiger partial charge >= 0.3 is 12.1 Å². The van der Waals surface area contributed by atoms with E-state index in [4.69, 9.17) is 14.2 Å². The zero-order valence-corrected chi connectivity index (χ0v) is 15.4. The highest BCUT2D eigenvalue weighted by Gasteiger charge is 2.50. The van der Waals surface area contributed by atoms with Crippen LogP contribution in [0.1, 0.15) is 60.3 Å². The van der Waals surface area contributed by atoms with Crippen LogP contribution in [0.25, 0.3) is 0 Å². The molecule has 6 atom stereocenters. The van der Waals surface area contributed by atoms with Crippen LogP contribution in [0.4, 0.5) is 13.2 Å². The minimum Gasteiger partial charge on any atom is -0.462 e. The molecule has 5 nitrogen and oxygen atoms in total. The van der Waals surface area contributed by atoms with Crippen LogP contribution in [-0.4, -0.2) is 47.5 Å². The maximum atomic E-state index is 12.7. The van der Waals surface area contributed by atoms with Gasteiger partial charge in [0.05, 0.1) is 18.1 Å². The molecule has 1 aliphatic rings. The van der Waals surface area contributed by atoms with Crippen molar-refractivity contribution in [3.8, 4) is 0 Å². The van der Waals surface area contributed by atoms with E-state index in [2.05, 4.69) is 0 Å². The molecule has 0 aromatic carbocycles. The summed E-state index contributed by atoms with van der Waals surface area (Å²) in [6, 6.07) is 0. The van der Waals surface area contributed by atoms with E-state index in [9.17, 15) is 23.1 Å². The number of esters is 1. The molecule has 1 N–H and O–H groups in total. The molecule has 0 aromatic heterocycles. The molecule has 25 heavy (non-hydrogen) atoms.